The molecule has 162 valence electrons. The van der Waals surface area contributed by atoms with Crippen molar-refractivity contribution in [2.75, 3.05) is 13.7 Å². The largest absolute Gasteiger partial charge is 0.467 e. The van der Waals surface area contributed by atoms with Gasteiger partial charge in [-0.3, -0.25) is 9.59 Å². The first kappa shape index (κ1) is 22.1. The number of aryl methyl sites for hydroxylation is 1. The summed E-state index contributed by atoms with van der Waals surface area (Å²) in [5.41, 5.74) is 3.09. The van der Waals surface area contributed by atoms with E-state index in [1.807, 2.05) is 60.8 Å². The van der Waals surface area contributed by atoms with Gasteiger partial charge in [-0.05, 0) is 30.0 Å². The number of methoxy groups -OCH3 is 1. The molecule has 1 heterocycles. The molecule has 0 bridgehead atoms. The minimum atomic E-state index is -0.847. The second kappa shape index (κ2) is 11.0. The second-order valence-electron chi connectivity index (χ2n) is 7.21. The van der Waals surface area contributed by atoms with Gasteiger partial charge in [-0.2, -0.15) is 0 Å². The van der Waals surface area contributed by atoms with Crippen molar-refractivity contribution in [1.29, 1.82) is 0 Å². The summed E-state index contributed by atoms with van der Waals surface area (Å²) < 4.78 is 9.83. The lowest BCUT2D eigenvalue weighted by Gasteiger charge is -2.16. The summed E-state index contributed by atoms with van der Waals surface area (Å²) in [5.74, 6) is -1.55. The van der Waals surface area contributed by atoms with E-state index in [1.165, 1.54) is 7.11 Å². The van der Waals surface area contributed by atoms with E-state index in [0.717, 1.165) is 28.5 Å². The molecule has 1 aromatic heterocycles. The smallest absolute Gasteiger partial charge is 0.328 e. The number of rotatable bonds is 10. The van der Waals surface area contributed by atoms with Gasteiger partial charge >= 0.3 is 11.9 Å². The zero-order valence-electron chi connectivity index (χ0n) is 17.4. The van der Waals surface area contributed by atoms with Crippen molar-refractivity contribution in [1.82, 2.24) is 10.3 Å². The van der Waals surface area contributed by atoms with Crippen molar-refractivity contribution in [2.24, 2.45) is 0 Å². The summed E-state index contributed by atoms with van der Waals surface area (Å²) in [6.07, 6.45) is 3.78. The lowest BCUT2D eigenvalue weighted by atomic mass is 10.1. The zero-order chi connectivity index (χ0) is 22.1. The highest BCUT2D eigenvalue weighted by Gasteiger charge is 2.22. The van der Waals surface area contributed by atoms with Crippen molar-refractivity contribution in [3.05, 3.63) is 71.9 Å². The summed E-state index contributed by atoms with van der Waals surface area (Å²) >= 11 is 0. The van der Waals surface area contributed by atoms with Crippen LogP contribution < -0.4 is 5.32 Å². The average molecular weight is 422 g/mol. The molecule has 0 aliphatic carbocycles. The van der Waals surface area contributed by atoms with E-state index in [-0.39, 0.29) is 12.8 Å². The number of para-hydroxylation sites is 1. The number of ether oxygens (including phenoxy) is 2. The Bertz CT molecular complexity index is 1030. The first-order valence-corrected chi connectivity index (χ1v) is 10.2. The van der Waals surface area contributed by atoms with Gasteiger partial charge in [-0.25, -0.2) is 4.79 Å². The molecule has 2 aromatic carbocycles. The molecule has 0 saturated heterocycles. The summed E-state index contributed by atoms with van der Waals surface area (Å²) in [4.78, 5) is 39.4. The van der Waals surface area contributed by atoms with E-state index >= 15 is 0 Å². The number of hydrogen-bond acceptors (Lipinski definition) is 5. The van der Waals surface area contributed by atoms with Crippen molar-refractivity contribution >= 4 is 28.7 Å². The highest BCUT2D eigenvalue weighted by atomic mass is 16.5. The Hall–Kier alpha value is -3.61. The van der Waals surface area contributed by atoms with Crippen LogP contribution in [0.15, 0.2) is 60.8 Å². The van der Waals surface area contributed by atoms with E-state index in [2.05, 4.69) is 10.3 Å². The number of hydrogen-bond donors (Lipinski definition) is 2. The standard InChI is InChI=1S/C24H26N2O5/c1-30-24(29)21(14-17-8-3-2-4-9-17)26-22(27)16-31-23(28)13-7-10-18-15-25-20-12-6-5-11-19(18)20/h2-6,8-9,11-12,15,21,25H,7,10,13-14,16H2,1H3,(H,26,27)/t21-/m1/s1. The molecule has 3 rings (SSSR count). The third-order valence-corrected chi connectivity index (χ3v) is 4.97. The van der Waals surface area contributed by atoms with Crippen LogP contribution in [-0.2, 0) is 36.7 Å². The molecule has 31 heavy (non-hydrogen) atoms. The molecule has 2 N–H and O–H groups in total. The predicted molar refractivity (Wildman–Crippen MR) is 116 cm³/mol. The van der Waals surface area contributed by atoms with Gasteiger partial charge in [0.25, 0.3) is 5.91 Å². The van der Waals surface area contributed by atoms with Crippen molar-refractivity contribution in [3.63, 3.8) is 0 Å². The van der Waals surface area contributed by atoms with Crippen LogP contribution in [0.4, 0.5) is 0 Å². The molecule has 1 atom stereocenters. The first-order chi connectivity index (χ1) is 15.1. The average Bonchev–Trinajstić information content (AvgIpc) is 3.20. The quantitative estimate of drug-likeness (QED) is 0.490. The molecule has 7 nitrogen and oxygen atoms in total. The highest BCUT2D eigenvalue weighted by Crippen LogP contribution is 2.19. The maximum absolute atomic E-state index is 12.2. The molecule has 0 radical (unpaired) electrons. The van der Waals surface area contributed by atoms with Crippen molar-refractivity contribution in [2.45, 2.75) is 31.7 Å². The molecular formula is C24H26N2O5. The SMILES string of the molecule is COC(=O)[C@@H](Cc1ccccc1)NC(=O)COC(=O)CCCc1c[nH]c2ccccc12. The van der Waals surface area contributed by atoms with Crippen LogP contribution in [0.1, 0.15) is 24.0 Å². The van der Waals surface area contributed by atoms with Crippen LogP contribution >= 0.6 is 0 Å². The van der Waals surface area contributed by atoms with Gasteiger partial charge in [0.2, 0.25) is 0 Å². The van der Waals surface area contributed by atoms with Crippen LogP contribution in [0.3, 0.4) is 0 Å². The molecule has 0 spiro atoms. The first-order valence-electron chi connectivity index (χ1n) is 10.2. The van der Waals surface area contributed by atoms with Crippen molar-refractivity contribution in [3.8, 4) is 0 Å². The van der Waals surface area contributed by atoms with Gasteiger partial charge in [-0.15, -0.1) is 0 Å². The summed E-state index contributed by atoms with van der Waals surface area (Å²) in [6, 6.07) is 16.4. The zero-order valence-corrected chi connectivity index (χ0v) is 17.4. The maximum Gasteiger partial charge on any atom is 0.328 e. The lowest BCUT2D eigenvalue weighted by molar-refractivity contribution is -0.150. The summed E-state index contributed by atoms with van der Waals surface area (Å²) in [5, 5.41) is 3.72. The summed E-state index contributed by atoms with van der Waals surface area (Å²) in [6.45, 7) is -0.436. The Kier molecular flexibility index (Phi) is 7.81. The number of H-pyrrole nitrogens is 1. The normalized spacial score (nSPS) is 11.6. The molecule has 0 aliphatic rings. The number of esters is 2. The van der Waals surface area contributed by atoms with Crippen LogP contribution in [0.25, 0.3) is 10.9 Å². The van der Waals surface area contributed by atoms with E-state index in [0.29, 0.717) is 6.42 Å². The molecule has 1 amide bonds. The molecule has 0 aliphatic heterocycles. The molecular weight excluding hydrogens is 396 g/mol. The maximum atomic E-state index is 12.2. The van der Waals surface area contributed by atoms with Gasteiger partial charge < -0.3 is 19.8 Å². The van der Waals surface area contributed by atoms with Gasteiger partial charge in [0.1, 0.15) is 6.04 Å². The van der Waals surface area contributed by atoms with Gasteiger partial charge in [0, 0.05) is 29.9 Å². The van der Waals surface area contributed by atoms with Crippen LogP contribution in [-0.4, -0.2) is 42.6 Å². The van der Waals surface area contributed by atoms with Crippen molar-refractivity contribution < 1.29 is 23.9 Å². The minimum absolute atomic E-state index is 0.206. The van der Waals surface area contributed by atoms with E-state index in [1.54, 1.807) is 0 Å². The van der Waals surface area contributed by atoms with Crippen LogP contribution in [0.5, 0.6) is 0 Å². The third-order valence-electron chi connectivity index (χ3n) is 4.97. The summed E-state index contributed by atoms with van der Waals surface area (Å²) in [7, 11) is 1.26. The van der Waals surface area contributed by atoms with Crippen LogP contribution in [0.2, 0.25) is 0 Å². The number of aromatic amines is 1. The number of aromatic nitrogens is 1. The number of carbonyl (C=O) groups excluding carboxylic acids is 3. The Labute approximate surface area is 180 Å². The van der Waals surface area contributed by atoms with Crippen LogP contribution in [0, 0.1) is 0 Å². The fraction of sp³-hybridized carbons (Fsp3) is 0.292. The number of benzene rings is 2. The predicted octanol–water partition coefficient (Wildman–Crippen LogP) is 2.93. The van der Waals surface area contributed by atoms with E-state index in [4.69, 9.17) is 9.47 Å². The number of fused-ring (bicyclic) bond motifs is 1. The minimum Gasteiger partial charge on any atom is -0.467 e. The van der Waals surface area contributed by atoms with Gasteiger partial charge in [0.15, 0.2) is 6.61 Å². The third kappa shape index (κ3) is 6.44. The second-order valence-corrected chi connectivity index (χ2v) is 7.21. The molecule has 7 heteroatoms. The Morgan fingerprint density at radius 1 is 1.03 bits per heavy atom. The van der Waals surface area contributed by atoms with Gasteiger partial charge in [-0.1, -0.05) is 48.5 Å². The Morgan fingerprint density at radius 2 is 1.77 bits per heavy atom. The fourth-order valence-corrected chi connectivity index (χ4v) is 3.40. The molecule has 0 saturated carbocycles. The number of carbonyl (C=O) groups is 3. The number of amides is 1. The monoisotopic (exact) mass is 422 g/mol. The lowest BCUT2D eigenvalue weighted by Crippen LogP contribution is -2.44. The Morgan fingerprint density at radius 3 is 2.55 bits per heavy atom. The van der Waals surface area contributed by atoms with E-state index in [9.17, 15) is 14.4 Å². The molecule has 0 fully saturated rings. The highest BCUT2D eigenvalue weighted by molar-refractivity contribution is 5.86. The topological polar surface area (TPSA) is 97.5 Å². The Balaban J connectivity index is 1.42. The number of nitrogens with one attached hydrogen (secondary N) is 2. The molecule has 0 unspecified atom stereocenters. The van der Waals surface area contributed by atoms with E-state index < -0.39 is 30.5 Å². The van der Waals surface area contributed by atoms with Gasteiger partial charge in [0.05, 0.1) is 7.11 Å². The molecule has 3 aromatic rings. The fourth-order valence-electron chi connectivity index (χ4n) is 3.40.